The number of rotatable bonds is 7. The van der Waals surface area contributed by atoms with Crippen molar-refractivity contribution in [2.75, 3.05) is 25.1 Å². The van der Waals surface area contributed by atoms with Crippen LogP contribution >= 0.6 is 0 Å². The zero-order valence-electron chi connectivity index (χ0n) is 13.7. The Hall–Kier alpha value is -2.08. The third kappa shape index (κ3) is 5.25. The Bertz CT molecular complexity index is 554. The maximum absolute atomic E-state index is 11.9. The summed E-state index contributed by atoms with van der Waals surface area (Å²) >= 11 is 0. The smallest absolute Gasteiger partial charge is 0.249 e. The summed E-state index contributed by atoms with van der Waals surface area (Å²) in [4.78, 5) is 23.2. The number of hydrogen-bond acceptors (Lipinski definition) is 4. The predicted molar refractivity (Wildman–Crippen MR) is 87.6 cm³/mol. The van der Waals surface area contributed by atoms with E-state index in [-0.39, 0.29) is 17.9 Å². The van der Waals surface area contributed by atoms with E-state index in [1.807, 2.05) is 25.1 Å². The van der Waals surface area contributed by atoms with Gasteiger partial charge in [-0.05, 0) is 43.9 Å². The first-order valence-corrected chi connectivity index (χ1v) is 8.02. The molecule has 2 N–H and O–H groups in total. The van der Waals surface area contributed by atoms with Gasteiger partial charge in [0.2, 0.25) is 11.8 Å². The lowest BCUT2D eigenvalue weighted by Gasteiger charge is -2.13. The summed E-state index contributed by atoms with van der Waals surface area (Å²) in [5.41, 5.74) is 1.67. The molecule has 1 aliphatic heterocycles. The van der Waals surface area contributed by atoms with Crippen LogP contribution in [0.2, 0.25) is 0 Å². The van der Waals surface area contributed by atoms with E-state index in [2.05, 4.69) is 10.6 Å². The molecule has 2 rings (SSSR count). The maximum Gasteiger partial charge on any atom is 0.249 e. The first kappa shape index (κ1) is 17.3. The molecule has 1 aromatic rings. The summed E-state index contributed by atoms with van der Waals surface area (Å²) in [7, 11) is 0. The van der Waals surface area contributed by atoms with Gasteiger partial charge in [0.05, 0.1) is 12.3 Å². The van der Waals surface area contributed by atoms with Gasteiger partial charge >= 0.3 is 0 Å². The monoisotopic (exact) mass is 320 g/mol. The standard InChI is InChI=1S/C17H24N2O4/c1-3-22-15-7-6-13(11-14(15)19-12(2)20)8-9-18-17(21)16-5-4-10-23-16/h6-7,11,16H,3-5,8-10H2,1-2H3,(H,18,21)(H,19,20). The van der Waals surface area contributed by atoms with Crippen LogP contribution in [0.4, 0.5) is 5.69 Å². The van der Waals surface area contributed by atoms with E-state index < -0.39 is 0 Å². The van der Waals surface area contributed by atoms with E-state index in [0.717, 1.165) is 18.4 Å². The highest BCUT2D eigenvalue weighted by atomic mass is 16.5. The Balaban J connectivity index is 1.91. The van der Waals surface area contributed by atoms with E-state index in [0.29, 0.717) is 37.6 Å². The third-order valence-electron chi connectivity index (χ3n) is 3.59. The van der Waals surface area contributed by atoms with E-state index in [1.165, 1.54) is 6.92 Å². The fourth-order valence-corrected chi connectivity index (χ4v) is 2.53. The van der Waals surface area contributed by atoms with Gasteiger partial charge in [0, 0.05) is 20.1 Å². The fraction of sp³-hybridized carbons (Fsp3) is 0.529. The van der Waals surface area contributed by atoms with Gasteiger partial charge in [0.15, 0.2) is 0 Å². The molecule has 0 saturated carbocycles. The van der Waals surface area contributed by atoms with Crippen molar-refractivity contribution in [3.8, 4) is 5.75 Å². The number of carbonyl (C=O) groups excluding carboxylic acids is 2. The van der Waals surface area contributed by atoms with Crippen LogP contribution in [0.5, 0.6) is 5.75 Å². The highest BCUT2D eigenvalue weighted by molar-refractivity contribution is 5.90. The van der Waals surface area contributed by atoms with Crippen molar-refractivity contribution < 1.29 is 19.1 Å². The molecule has 6 nitrogen and oxygen atoms in total. The molecule has 1 atom stereocenters. The molecule has 0 bridgehead atoms. The minimum Gasteiger partial charge on any atom is -0.492 e. The summed E-state index contributed by atoms with van der Waals surface area (Å²) in [6.45, 7) is 5.09. The van der Waals surface area contributed by atoms with Gasteiger partial charge in [-0.1, -0.05) is 6.07 Å². The third-order valence-corrected chi connectivity index (χ3v) is 3.59. The summed E-state index contributed by atoms with van der Waals surface area (Å²) in [6.07, 6.45) is 2.11. The lowest BCUT2D eigenvalue weighted by molar-refractivity contribution is -0.130. The average Bonchev–Trinajstić information content (AvgIpc) is 3.03. The van der Waals surface area contributed by atoms with E-state index in [9.17, 15) is 9.59 Å². The Morgan fingerprint density at radius 2 is 2.22 bits per heavy atom. The molecule has 0 spiro atoms. The van der Waals surface area contributed by atoms with Crippen molar-refractivity contribution in [1.82, 2.24) is 5.32 Å². The molecule has 126 valence electrons. The number of ether oxygens (including phenoxy) is 2. The molecule has 0 aliphatic carbocycles. The van der Waals surface area contributed by atoms with Crippen molar-refractivity contribution in [3.05, 3.63) is 23.8 Å². The molecular formula is C17H24N2O4. The summed E-state index contributed by atoms with van der Waals surface area (Å²) in [5.74, 6) is 0.458. The average molecular weight is 320 g/mol. The summed E-state index contributed by atoms with van der Waals surface area (Å²) in [5, 5.41) is 5.66. The summed E-state index contributed by atoms with van der Waals surface area (Å²) in [6, 6.07) is 5.66. The van der Waals surface area contributed by atoms with Crippen LogP contribution in [0.15, 0.2) is 18.2 Å². The highest BCUT2D eigenvalue weighted by Gasteiger charge is 2.22. The van der Waals surface area contributed by atoms with Crippen molar-refractivity contribution in [2.45, 2.75) is 39.2 Å². The Morgan fingerprint density at radius 3 is 2.87 bits per heavy atom. The van der Waals surface area contributed by atoms with Gasteiger partial charge in [0.25, 0.3) is 0 Å². The highest BCUT2D eigenvalue weighted by Crippen LogP contribution is 2.26. The topological polar surface area (TPSA) is 76.7 Å². The lowest BCUT2D eigenvalue weighted by atomic mass is 10.1. The number of anilines is 1. The molecule has 2 amide bonds. The number of benzene rings is 1. The molecule has 1 saturated heterocycles. The molecule has 0 radical (unpaired) electrons. The van der Waals surface area contributed by atoms with E-state index >= 15 is 0 Å². The minimum atomic E-state index is -0.301. The van der Waals surface area contributed by atoms with Crippen LogP contribution in [0.25, 0.3) is 0 Å². The van der Waals surface area contributed by atoms with Crippen LogP contribution in [-0.2, 0) is 20.7 Å². The number of carbonyl (C=O) groups is 2. The second-order valence-electron chi connectivity index (χ2n) is 5.49. The van der Waals surface area contributed by atoms with Crippen LogP contribution < -0.4 is 15.4 Å². The first-order valence-electron chi connectivity index (χ1n) is 8.02. The normalized spacial score (nSPS) is 16.9. The Morgan fingerprint density at radius 1 is 1.39 bits per heavy atom. The molecule has 0 aromatic heterocycles. The molecule has 6 heteroatoms. The van der Waals surface area contributed by atoms with Gasteiger partial charge in [-0.2, -0.15) is 0 Å². The van der Waals surface area contributed by atoms with Crippen LogP contribution in [-0.4, -0.2) is 37.7 Å². The minimum absolute atomic E-state index is 0.0458. The molecule has 1 heterocycles. The summed E-state index contributed by atoms with van der Waals surface area (Å²) < 4.78 is 10.8. The first-order chi connectivity index (χ1) is 11.1. The molecule has 23 heavy (non-hydrogen) atoms. The Kier molecular flexibility index (Phi) is 6.40. The van der Waals surface area contributed by atoms with Crippen LogP contribution in [0.3, 0.4) is 0 Å². The predicted octanol–water partition coefficient (Wildman–Crippen LogP) is 1.88. The second-order valence-corrected chi connectivity index (χ2v) is 5.49. The molecule has 1 aliphatic rings. The van der Waals surface area contributed by atoms with E-state index in [4.69, 9.17) is 9.47 Å². The van der Waals surface area contributed by atoms with Crippen molar-refractivity contribution >= 4 is 17.5 Å². The number of nitrogens with one attached hydrogen (secondary N) is 2. The lowest BCUT2D eigenvalue weighted by Crippen LogP contribution is -2.35. The number of amides is 2. The maximum atomic E-state index is 11.9. The quantitative estimate of drug-likeness (QED) is 0.804. The van der Waals surface area contributed by atoms with Gasteiger partial charge < -0.3 is 20.1 Å². The SMILES string of the molecule is CCOc1ccc(CCNC(=O)C2CCCO2)cc1NC(C)=O. The number of hydrogen-bond donors (Lipinski definition) is 2. The largest absolute Gasteiger partial charge is 0.492 e. The van der Waals surface area contributed by atoms with Crippen LogP contribution in [0.1, 0.15) is 32.3 Å². The van der Waals surface area contributed by atoms with Crippen molar-refractivity contribution in [3.63, 3.8) is 0 Å². The zero-order chi connectivity index (χ0) is 16.7. The van der Waals surface area contributed by atoms with E-state index in [1.54, 1.807) is 0 Å². The van der Waals surface area contributed by atoms with Crippen molar-refractivity contribution in [2.24, 2.45) is 0 Å². The van der Waals surface area contributed by atoms with Crippen molar-refractivity contribution in [1.29, 1.82) is 0 Å². The van der Waals surface area contributed by atoms with Gasteiger partial charge in [-0.15, -0.1) is 0 Å². The van der Waals surface area contributed by atoms with Gasteiger partial charge in [0.1, 0.15) is 11.9 Å². The molecule has 1 fully saturated rings. The fourth-order valence-electron chi connectivity index (χ4n) is 2.53. The molecular weight excluding hydrogens is 296 g/mol. The Labute approximate surface area is 136 Å². The molecule has 1 aromatic carbocycles. The molecule has 1 unspecified atom stereocenters. The van der Waals surface area contributed by atoms with Gasteiger partial charge in [-0.25, -0.2) is 0 Å². The van der Waals surface area contributed by atoms with Gasteiger partial charge in [-0.3, -0.25) is 9.59 Å². The zero-order valence-corrected chi connectivity index (χ0v) is 13.7. The van der Waals surface area contributed by atoms with Crippen LogP contribution in [0, 0.1) is 0 Å². The second kappa shape index (κ2) is 8.53.